The van der Waals surface area contributed by atoms with Crippen LogP contribution in [0, 0.1) is 6.92 Å². The molecule has 0 heterocycles. The molecule has 1 unspecified atom stereocenters. The molecule has 1 aromatic rings. The van der Waals surface area contributed by atoms with Gasteiger partial charge >= 0.3 is 5.97 Å². The van der Waals surface area contributed by atoms with E-state index in [1.165, 1.54) is 11.8 Å². The van der Waals surface area contributed by atoms with E-state index < -0.39 is 12.0 Å². The summed E-state index contributed by atoms with van der Waals surface area (Å²) in [6, 6.07) is 6.91. The number of aryl methyl sites for hydroxylation is 1. The first-order chi connectivity index (χ1) is 9.97. The zero-order chi connectivity index (χ0) is 15.8. The van der Waals surface area contributed by atoms with Crippen LogP contribution in [-0.4, -0.2) is 41.1 Å². The first kappa shape index (κ1) is 17.5. The van der Waals surface area contributed by atoms with Crippen molar-refractivity contribution in [3.05, 3.63) is 29.8 Å². The summed E-state index contributed by atoms with van der Waals surface area (Å²) in [5.74, 6) is -0.0864. The highest BCUT2D eigenvalue weighted by Gasteiger charge is 2.16. The van der Waals surface area contributed by atoms with Crippen LogP contribution >= 0.6 is 11.8 Å². The molecule has 1 rings (SSSR count). The molecule has 21 heavy (non-hydrogen) atoms. The fourth-order valence-electron chi connectivity index (χ4n) is 1.92. The summed E-state index contributed by atoms with van der Waals surface area (Å²) < 4.78 is 0. The average Bonchev–Trinajstić information content (AvgIpc) is 2.46. The van der Waals surface area contributed by atoms with E-state index in [1.807, 2.05) is 38.1 Å². The molecule has 1 atom stereocenters. The van der Waals surface area contributed by atoms with Crippen molar-refractivity contribution >= 4 is 29.3 Å². The Hall–Kier alpha value is -1.53. The minimum absolute atomic E-state index is 0.0284. The monoisotopic (exact) mass is 310 g/mol. The summed E-state index contributed by atoms with van der Waals surface area (Å²) in [7, 11) is 0. The molecule has 0 fully saturated rings. The lowest BCUT2D eigenvalue weighted by Crippen LogP contribution is -2.33. The molecular formula is C15H22N2O3S. The van der Waals surface area contributed by atoms with Crippen LogP contribution in [0.15, 0.2) is 24.3 Å². The Balaban J connectivity index is 2.50. The number of carboxylic acids is 1. The number of carbonyl (C=O) groups is 2. The molecule has 0 aliphatic heterocycles. The van der Waals surface area contributed by atoms with Gasteiger partial charge in [-0.3, -0.25) is 9.59 Å². The Morgan fingerprint density at radius 2 is 2.05 bits per heavy atom. The number of nitrogens with two attached hydrogens (primary N) is 1. The molecule has 0 bridgehead atoms. The molecule has 0 aliphatic carbocycles. The van der Waals surface area contributed by atoms with E-state index in [9.17, 15) is 9.59 Å². The third kappa shape index (κ3) is 5.40. The summed E-state index contributed by atoms with van der Waals surface area (Å²) in [5, 5.41) is 8.69. The minimum Gasteiger partial charge on any atom is -0.480 e. The van der Waals surface area contributed by atoms with Gasteiger partial charge in [-0.1, -0.05) is 18.2 Å². The van der Waals surface area contributed by atoms with Gasteiger partial charge in [0.15, 0.2) is 0 Å². The van der Waals surface area contributed by atoms with Crippen LogP contribution in [0.1, 0.15) is 18.9 Å². The second-order valence-electron chi connectivity index (χ2n) is 4.71. The van der Waals surface area contributed by atoms with Crippen LogP contribution in [0.4, 0.5) is 5.69 Å². The number of hydrogen-bond donors (Lipinski definition) is 2. The molecule has 6 heteroatoms. The lowest BCUT2D eigenvalue weighted by Gasteiger charge is -2.22. The third-order valence-electron chi connectivity index (χ3n) is 3.14. The van der Waals surface area contributed by atoms with E-state index in [2.05, 4.69) is 0 Å². The second-order valence-corrected chi connectivity index (χ2v) is 5.82. The molecule has 0 radical (unpaired) electrons. The number of carbonyl (C=O) groups excluding carboxylic acids is 1. The van der Waals surface area contributed by atoms with Gasteiger partial charge in [0.25, 0.3) is 0 Å². The maximum Gasteiger partial charge on any atom is 0.320 e. The molecule has 1 amide bonds. The molecule has 1 aromatic carbocycles. The molecule has 0 saturated heterocycles. The van der Waals surface area contributed by atoms with Crippen molar-refractivity contribution in [3.63, 3.8) is 0 Å². The molecule has 3 N–H and O–H groups in total. The van der Waals surface area contributed by atoms with Gasteiger partial charge in [0.1, 0.15) is 6.04 Å². The van der Waals surface area contributed by atoms with Gasteiger partial charge in [0, 0.05) is 12.2 Å². The van der Waals surface area contributed by atoms with E-state index in [0.717, 1.165) is 11.3 Å². The number of hydrogen-bond acceptors (Lipinski definition) is 4. The van der Waals surface area contributed by atoms with Crippen LogP contribution in [0.25, 0.3) is 0 Å². The fraction of sp³-hybridized carbons (Fsp3) is 0.467. The topological polar surface area (TPSA) is 83.6 Å². The lowest BCUT2D eigenvalue weighted by atomic mass is 10.2. The van der Waals surface area contributed by atoms with Crippen LogP contribution in [-0.2, 0) is 9.59 Å². The fourth-order valence-corrected chi connectivity index (χ4v) is 2.81. The normalized spacial score (nSPS) is 12.0. The maximum absolute atomic E-state index is 12.3. The zero-order valence-corrected chi connectivity index (χ0v) is 13.2. The summed E-state index contributed by atoms with van der Waals surface area (Å²) in [5.41, 5.74) is 7.41. The van der Waals surface area contributed by atoms with Gasteiger partial charge in [0.05, 0.1) is 5.75 Å². The Bertz CT molecular complexity index is 494. The second kappa shape index (κ2) is 8.69. The SMILES string of the molecule is CCN(C(=O)CSCCC(N)C(=O)O)c1ccccc1C. The third-order valence-corrected chi connectivity index (χ3v) is 4.11. The highest BCUT2D eigenvalue weighted by molar-refractivity contribution is 7.99. The Kier molecular flexibility index (Phi) is 7.25. The van der Waals surface area contributed by atoms with Crippen molar-refractivity contribution in [1.82, 2.24) is 0 Å². The average molecular weight is 310 g/mol. The van der Waals surface area contributed by atoms with Crippen molar-refractivity contribution in [2.75, 3.05) is 23.0 Å². The Morgan fingerprint density at radius 3 is 2.62 bits per heavy atom. The first-order valence-electron chi connectivity index (χ1n) is 6.89. The predicted octanol–water partition coefficient (Wildman–Crippen LogP) is 1.88. The van der Waals surface area contributed by atoms with Gasteiger partial charge in [-0.25, -0.2) is 0 Å². The number of para-hydroxylation sites is 1. The summed E-state index contributed by atoms with van der Waals surface area (Å²) in [6.45, 7) is 4.53. The van der Waals surface area contributed by atoms with Crippen LogP contribution < -0.4 is 10.6 Å². The van der Waals surface area contributed by atoms with Crippen molar-refractivity contribution in [2.24, 2.45) is 5.73 Å². The van der Waals surface area contributed by atoms with E-state index in [-0.39, 0.29) is 5.91 Å². The van der Waals surface area contributed by atoms with Crippen LogP contribution in [0.5, 0.6) is 0 Å². The van der Waals surface area contributed by atoms with Gasteiger partial charge in [-0.2, -0.15) is 11.8 Å². The van der Waals surface area contributed by atoms with Crippen LogP contribution in [0.2, 0.25) is 0 Å². The standard InChI is InChI=1S/C15H22N2O3S/c1-3-17(13-7-5-4-6-11(13)2)14(18)10-21-9-8-12(16)15(19)20/h4-7,12H,3,8-10,16H2,1-2H3,(H,19,20). The summed E-state index contributed by atoms with van der Waals surface area (Å²) in [4.78, 5) is 24.6. The number of rotatable bonds is 8. The lowest BCUT2D eigenvalue weighted by molar-refractivity contribution is -0.138. The van der Waals surface area contributed by atoms with Crippen molar-refractivity contribution < 1.29 is 14.7 Å². The number of carboxylic acid groups (broad SMARTS) is 1. The molecule has 5 nitrogen and oxygen atoms in total. The summed E-state index contributed by atoms with van der Waals surface area (Å²) in [6.07, 6.45) is 0.365. The van der Waals surface area contributed by atoms with Crippen LogP contribution in [0.3, 0.4) is 0 Å². The van der Waals surface area contributed by atoms with Crippen molar-refractivity contribution in [1.29, 1.82) is 0 Å². The number of thioether (sulfide) groups is 1. The number of nitrogens with zero attached hydrogens (tertiary/aromatic N) is 1. The minimum atomic E-state index is -1.00. The van der Waals surface area contributed by atoms with Gasteiger partial charge < -0.3 is 15.7 Å². The molecule has 116 valence electrons. The number of benzene rings is 1. The Morgan fingerprint density at radius 1 is 1.38 bits per heavy atom. The van der Waals surface area contributed by atoms with Crippen molar-refractivity contribution in [3.8, 4) is 0 Å². The van der Waals surface area contributed by atoms with E-state index in [0.29, 0.717) is 24.5 Å². The van der Waals surface area contributed by atoms with E-state index >= 15 is 0 Å². The zero-order valence-electron chi connectivity index (χ0n) is 12.4. The van der Waals surface area contributed by atoms with E-state index in [1.54, 1.807) is 4.90 Å². The maximum atomic E-state index is 12.3. The molecular weight excluding hydrogens is 288 g/mol. The summed E-state index contributed by atoms with van der Waals surface area (Å²) >= 11 is 1.42. The largest absolute Gasteiger partial charge is 0.480 e. The molecule has 0 saturated carbocycles. The van der Waals surface area contributed by atoms with Gasteiger partial charge in [-0.15, -0.1) is 0 Å². The molecule has 0 aromatic heterocycles. The van der Waals surface area contributed by atoms with E-state index in [4.69, 9.17) is 10.8 Å². The quantitative estimate of drug-likeness (QED) is 0.716. The van der Waals surface area contributed by atoms with Crippen molar-refractivity contribution in [2.45, 2.75) is 26.3 Å². The first-order valence-corrected chi connectivity index (χ1v) is 8.05. The predicted molar refractivity (Wildman–Crippen MR) is 86.8 cm³/mol. The Labute approximate surface area is 129 Å². The highest BCUT2D eigenvalue weighted by Crippen LogP contribution is 2.20. The van der Waals surface area contributed by atoms with Gasteiger partial charge in [-0.05, 0) is 37.7 Å². The highest BCUT2D eigenvalue weighted by atomic mass is 32.2. The smallest absolute Gasteiger partial charge is 0.320 e. The number of anilines is 1. The molecule has 0 spiro atoms. The molecule has 0 aliphatic rings. The van der Waals surface area contributed by atoms with Gasteiger partial charge in [0.2, 0.25) is 5.91 Å². The number of aliphatic carboxylic acids is 1. The number of amides is 1.